The van der Waals surface area contributed by atoms with E-state index < -0.39 is 0 Å². The zero-order valence-electron chi connectivity index (χ0n) is 11.6. The summed E-state index contributed by atoms with van der Waals surface area (Å²) >= 11 is 0. The van der Waals surface area contributed by atoms with Crippen LogP contribution in [0.15, 0.2) is 18.2 Å². The summed E-state index contributed by atoms with van der Waals surface area (Å²) in [4.78, 5) is 0. The van der Waals surface area contributed by atoms with E-state index in [1.165, 1.54) is 16.7 Å². The smallest absolute Gasteiger partial charge is 0.0749 e. The molecule has 0 bridgehead atoms. The molecule has 1 aromatic rings. The highest BCUT2D eigenvalue weighted by Gasteiger charge is 2.29. The highest BCUT2D eigenvalue weighted by molar-refractivity contribution is 5.30. The van der Waals surface area contributed by atoms with Gasteiger partial charge in [0.2, 0.25) is 0 Å². The van der Waals surface area contributed by atoms with Crippen molar-refractivity contribution in [3.8, 4) is 0 Å². The van der Waals surface area contributed by atoms with Gasteiger partial charge in [-0.2, -0.15) is 0 Å². The van der Waals surface area contributed by atoms with Gasteiger partial charge in [0.1, 0.15) is 0 Å². The lowest BCUT2D eigenvalue weighted by Crippen LogP contribution is -2.45. The number of nitrogens with one attached hydrogen (secondary N) is 1. The Balaban J connectivity index is 2.03. The minimum atomic E-state index is 0.206. The summed E-state index contributed by atoms with van der Waals surface area (Å²) in [6.07, 6.45) is 3.77. The monoisotopic (exact) mass is 248 g/mol. The van der Waals surface area contributed by atoms with E-state index in [-0.39, 0.29) is 12.1 Å². The molecule has 1 aromatic carbocycles. The largest absolute Gasteiger partial charge is 0.374 e. The highest BCUT2D eigenvalue weighted by Crippen LogP contribution is 2.23. The van der Waals surface area contributed by atoms with Crippen molar-refractivity contribution in [2.75, 3.05) is 0 Å². The van der Waals surface area contributed by atoms with E-state index >= 15 is 0 Å². The lowest BCUT2D eigenvalue weighted by atomic mass is 9.97. The average molecular weight is 248 g/mol. The van der Waals surface area contributed by atoms with Crippen molar-refractivity contribution < 1.29 is 4.74 Å². The first-order valence-corrected chi connectivity index (χ1v) is 6.78. The zero-order chi connectivity index (χ0) is 13.1. The molecule has 0 amide bonds. The zero-order valence-corrected chi connectivity index (χ0v) is 11.6. The molecular weight excluding hydrogens is 224 g/mol. The lowest BCUT2D eigenvalue weighted by molar-refractivity contribution is 0.0320. The van der Waals surface area contributed by atoms with Crippen molar-refractivity contribution in [3.63, 3.8) is 0 Å². The standard InChI is InChI=1S/C15H24N2O/c1-10-4-6-13(8-11(10)2)9-14(17-16)15-7-5-12(3)18-15/h4,6,8,12,14-15,17H,5,7,9,16H2,1-3H3. The molecule has 18 heavy (non-hydrogen) atoms. The summed E-state index contributed by atoms with van der Waals surface area (Å²) in [6, 6.07) is 6.82. The quantitative estimate of drug-likeness (QED) is 0.634. The van der Waals surface area contributed by atoms with E-state index in [4.69, 9.17) is 10.6 Å². The number of hydrazine groups is 1. The van der Waals surface area contributed by atoms with Gasteiger partial charge in [0.25, 0.3) is 0 Å². The number of ether oxygens (including phenoxy) is 1. The van der Waals surface area contributed by atoms with Gasteiger partial charge in [0.05, 0.1) is 18.2 Å². The third-order valence-corrected chi connectivity index (χ3v) is 3.95. The molecule has 1 aliphatic heterocycles. The van der Waals surface area contributed by atoms with Crippen molar-refractivity contribution in [3.05, 3.63) is 34.9 Å². The van der Waals surface area contributed by atoms with Crippen LogP contribution in [0.2, 0.25) is 0 Å². The molecule has 0 aromatic heterocycles. The maximum absolute atomic E-state index is 5.90. The Morgan fingerprint density at radius 1 is 1.33 bits per heavy atom. The number of benzene rings is 1. The molecule has 1 heterocycles. The van der Waals surface area contributed by atoms with Crippen molar-refractivity contribution in [1.29, 1.82) is 0 Å². The summed E-state index contributed by atoms with van der Waals surface area (Å²) in [5.41, 5.74) is 6.92. The number of hydrogen-bond acceptors (Lipinski definition) is 3. The van der Waals surface area contributed by atoms with E-state index in [1.54, 1.807) is 0 Å². The molecule has 0 radical (unpaired) electrons. The van der Waals surface area contributed by atoms with Crippen LogP contribution in [0.4, 0.5) is 0 Å². The number of rotatable bonds is 4. The van der Waals surface area contributed by atoms with Crippen LogP contribution in [0.25, 0.3) is 0 Å². The predicted molar refractivity (Wildman–Crippen MR) is 74.3 cm³/mol. The van der Waals surface area contributed by atoms with Crippen molar-refractivity contribution in [1.82, 2.24) is 5.43 Å². The van der Waals surface area contributed by atoms with Crippen LogP contribution < -0.4 is 11.3 Å². The Morgan fingerprint density at radius 3 is 2.67 bits per heavy atom. The van der Waals surface area contributed by atoms with Gasteiger partial charge in [-0.05, 0) is 56.7 Å². The van der Waals surface area contributed by atoms with Crippen LogP contribution >= 0.6 is 0 Å². The molecule has 3 atom stereocenters. The second-order valence-electron chi connectivity index (χ2n) is 5.46. The van der Waals surface area contributed by atoms with E-state index in [1.807, 2.05) is 0 Å². The Labute approximate surface area is 110 Å². The molecule has 1 fully saturated rings. The fraction of sp³-hybridized carbons (Fsp3) is 0.600. The lowest BCUT2D eigenvalue weighted by Gasteiger charge is -2.23. The van der Waals surface area contributed by atoms with E-state index in [0.717, 1.165) is 19.3 Å². The van der Waals surface area contributed by atoms with Gasteiger partial charge in [-0.15, -0.1) is 0 Å². The topological polar surface area (TPSA) is 47.3 Å². The molecule has 2 rings (SSSR count). The van der Waals surface area contributed by atoms with E-state index in [2.05, 4.69) is 44.4 Å². The Morgan fingerprint density at radius 2 is 2.11 bits per heavy atom. The highest BCUT2D eigenvalue weighted by atomic mass is 16.5. The molecule has 0 saturated carbocycles. The SMILES string of the molecule is Cc1ccc(CC(NN)C2CCC(C)O2)cc1C. The van der Waals surface area contributed by atoms with Crippen molar-refractivity contribution in [2.45, 2.75) is 58.3 Å². The molecule has 0 spiro atoms. The first kappa shape index (κ1) is 13.5. The normalized spacial score (nSPS) is 25.3. The third kappa shape index (κ3) is 3.10. The first-order valence-electron chi connectivity index (χ1n) is 6.78. The third-order valence-electron chi connectivity index (χ3n) is 3.95. The molecule has 3 heteroatoms. The number of nitrogens with two attached hydrogens (primary N) is 1. The Hall–Kier alpha value is -0.900. The van der Waals surface area contributed by atoms with Crippen LogP contribution in [0, 0.1) is 13.8 Å². The summed E-state index contributed by atoms with van der Waals surface area (Å²) < 4.78 is 5.90. The van der Waals surface area contributed by atoms with Gasteiger partial charge >= 0.3 is 0 Å². The molecule has 3 unspecified atom stereocenters. The van der Waals surface area contributed by atoms with Gasteiger partial charge in [-0.3, -0.25) is 11.3 Å². The number of hydrogen-bond donors (Lipinski definition) is 2. The molecule has 3 nitrogen and oxygen atoms in total. The maximum atomic E-state index is 5.90. The van der Waals surface area contributed by atoms with Crippen LogP contribution in [-0.4, -0.2) is 18.2 Å². The number of aryl methyl sites for hydroxylation is 2. The predicted octanol–water partition coefficient (Wildman–Crippen LogP) is 2.25. The van der Waals surface area contributed by atoms with Gasteiger partial charge in [-0.25, -0.2) is 0 Å². The minimum absolute atomic E-state index is 0.206. The van der Waals surface area contributed by atoms with Crippen LogP contribution in [0.3, 0.4) is 0 Å². The van der Waals surface area contributed by atoms with E-state index in [9.17, 15) is 0 Å². The van der Waals surface area contributed by atoms with Crippen molar-refractivity contribution >= 4 is 0 Å². The van der Waals surface area contributed by atoms with Crippen molar-refractivity contribution in [2.24, 2.45) is 5.84 Å². The fourth-order valence-electron chi connectivity index (χ4n) is 2.61. The molecule has 100 valence electrons. The summed E-state index contributed by atoms with van der Waals surface area (Å²) in [7, 11) is 0. The van der Waals surface area contributed by atoms with Gasteiger partial charge < -0.3 is 4.74 Å². The fourth-order valence-corrected chi connectivity index (χ4v) is 2.61. The van der Waals surface area contributed by atoms with Crippen LogP contribution in [0.5, 0.6) is 0 Å². The molecular formula is C15H24N2O. The first-order chi connectivity index (χ1) is 8.60. The Bertz CT molecular complexity index is 405. The second-order valence-corrected chi connectivity index (χ2v) is 5.46. The summed E-state index contributed by atoms with van der Waals surface area (Å²) in [5.74, 6) is 5.68. The summed E-state index contributed by atoms with van der Waals surface area (Å²) in [5, 5.41) is 0. The molecule has 3 N–H and O–H groups in total. The summed E-state index contributed by atoms with van der Waals surface area (Å²) in [6.45, 7) is 6.42. The maximum Gasteiger partial charge on any atom is 0.0749 e. The minimum Gasteiger partial charge on any atom is -0.374 e. The van der Waals surface area contributed by atoms with Crippen LogP contribution in [0.1, 0.15) is 36.5 Å². The van der Waals surface area contributed by atoms with Gasteiger partial charge in [0, 0.05) is 0 Å². The average Bonchev–Trinajstić information content (AvgIpc) is 2.77. The molecule has 1 aliphatic rings. The van der Waals surface area contributed by atoms with Gasteiger partial charge in [0.15, 0.2) is 0 Å². The molecule has 1 saturated heterocycles. The van der Waals surface area contributed by atoms with Gasteiger partial charge in [-0.1, -0.05) is 18.2 Å². The second kappa shape index (κ2) is 5.83. The Kier molecular flexibility index (Phi) is 4.38. The van der Waals surface area contributed by atoms with Crippen LogP contribution in [-0.2, 0) is 11.2 Å². The molecule has 0 aliphatic carbocycles. The van der Waals surface area contributed by atoms with E-state index in [0.29, 0.717) is 6.10 Å².